The van der Waals surface area contributed by atoms with Crippen molar-refractivity contribution < 1.29 is 27.8 Å². The first-order valence-electron chi connectivity index (χ1n) is 12.5. The number of carbonyl (C=O) groups is 1. The van der Waals surface area contributed by atoms with Crippen LogP contribution in [0.2, 0.25) is 0 Å². The van der Waals surface area contributed by atoms with Gasteiger partial charge in [-0.1, -0.05) is 11.3 Å². The number of alkyl halides is 2. The van der Waals surface area contributed by atoms with Crippen molar-refractivity contribution in [3.8, 4) is 10.9 Å². The highest BCUT2D eigenvalue weighted by atomic mass is 32.1. The SMILES string of the molecule is Cc1ncc(OCC(=O)/N=C/C2CC[C@H](CCN3CCc4nc(OCC(C)(F)F)sc4CC3)OC2)cn1. The van der Waals surface area contributed by atoms with Crippen LogP contribution in [0.1, 0.15) is 42.6 Å². The van der Waals surface area contributed by atoms with Gasteiger partial charge in [-0.2, -0.15) is 0 Å². The van der Waals surface area contributed by atoms with Crippen molar-refractivity contribution in [1.29, 1.82) is 0 Å². The van der Waals surface area contributed by atoms with Crippen molar-refractivity contribution >= 4 is 23.5 Å². The van der Waals surface area contributed by atoms with E-state index in [1.807, 2.05) is 0 Å². The number of ether oxygens (including phenoxy) is 3. The normalized spacial score (nSPS) is 21.0. The smallest absolute Gasteiger partial charge is 0.283 e. The molecular weight excluding hydrogens is 504 g/mol. The van der Waals surface area contributed by atoms with E-state index >= 15 is 0 Å². The molecule has 9 nitrogen and oxygen atoms in total. The first-order chi connectivity index (χ1) is 17.7. The van der Waals surface area contributed by atoms with Gasteiger partial charge in [0.2, 0.25) is 0 Å². The fourth-order valence-electron chi connectivity index (χ4n) is 4.18. The Morgan fingerprint density at radius 3 is 2.78 bits per heavy atom. The van der Waals surface area contributed by atoms with Crippen molar-refractivity contribution in [2.45, 2.75) is 58.0 Å². The van der Waals surface area contributed by atoms with Crippen LogP contribution in [0.25, 0.3) is 0 Å². The number of thiazole rings is 1. The van der Waals surface area contributed by atoms with E-state index in [1.165, 1.54) is 23.7 Å². The first kappa shape index (κ1) is 27.5. The summed E-state index contributed by atoms with van der Waals surface area (Å²) < 4.78 is 42.7. The molecule has 0 bridgehead atoms. The number of carbonyl (C=O) groups excluding carboxylic acids is 1. The lowest BCUT2D eigenvalue weighted by Crippen LogP contribution is -2.33. The maximum atomic E-state index is 13.0. The number of aryl methyl sites for hydroxylation is 1. The molecule has 4 heterocycles. The number of halogens is 2. The van der Waals surface area contributed by atoms with Gasteiger partial charge in [0, 0.05) is 50.0 Å². The predicted molar refractivity (Wildman–Crippen MR) is 135 cm³/mol. The quantitative estimate of drug-likeness (QED) is 0.425. The van der Waals surface area contributed by atoms with Gasteiger partial charge >= 0.3 is 0 Å². The highest BCUT2D eigenvalue weighted by Gasteiger charge is 2.25. The zero-order valence-electron chi connectivity index (χ0n) is 21.2. The second-order valence-electron chi connectivity index (χ2n) is 9.56. The summed E-state index contributed by atoms with van der Waals surface area (Å²) in [5, 5.41) is 0.337. The molecule has 2 aromatic rings. The van der Waals surface area contributed by atoms with Crippen LogP contribution in [-0.4, -0.2) is 83.5 Å². The Hall–Kier alpha value is -2.57. The van der Waals surface area contributed by atoms with Gasteiger partial charge in [0.1, 0.15) is 5.82 Å². The van der Waals surface area contributed by atoms with Crippen LogP contribution in [0.4, 0.5) is 8.78 Å². The molecule has 2 aliphatic heterocycles. The number of hydrogen-bond donors (Lipinski definition) is 0. The Labute approximate surface area is 219 Å². The topological polar surface area (TPSA) is 99.0 Å². The van der Waals surface area contributed by atoms with Gasteiger partial charge in [-0.25, -0.2) is 28.7 Å². The average molecular weight is 538 g/mol. The zero-order chi connectivity index (χ0) is 26.3. The predicted octanol–water partition coefficient (Wildman–Crippen LogP) is 3.54. The van der Waals surface area contributed by atoms with Gasteiger partial charge in [-0.15, -0.1) is 0 Å². The fourth-order valence-corrected chi connectivity index (χ4v) is 5.13. The third-order valence-corrected chi connectivity index (χ3v) is 7.32. The molecule has 202 valence electrons. The van der Waals surface area contributed by atoms with Crippen molar-refractivity contribution in [2.24, 2.45) is 10.9 Å². The number of nitrogens with zero attached hydrogens (tertiary/aromatic N) is 5. The third-order valence-electron chi connectivity index (χ3n) is 6.25. The van der Waals surface area contributed by atoms with E-state index in [-0.39, 0.29) is 24.5 Å². The van der Waals surface area contributed by atoms with E-state index in [9.17, 15) is 13.6 Å². The van der Waals surface area contributed by atoms with Crippen LogP contribution < -0.4 is 9.47 Å². The Balaban J connectivity index is 1.11. The maximum Gasteiger partial charge on any atom is 0.283 e. The Morgan fingerprint density at radius 2 is 2.05 bits per heavy atom. The molecule has 2 aromatic heterocycles. The lowest BCUT2D eigenvalue weighted by atomic mass is 9.98. The van der Waals surface area contributed by atoms with Crippen LogP contribution in [0, 0.1) is 12.8 Å². The van der Waals surface area contributed by atoms with E-state index in [4.69, 9.17) is 14.2 Å². The van der Waals surface area contributed by atoms with Gasteiger partial charge < -0.3 is 19.1 Å². The van der Waals surface area contributed by atoms with E-state index in [0.717, 1.165) is 69.2 Å². The van der Waals surface area contributed by atoms with Gasteiger partial charge in [-0.05, 0) is 32.6 Å². The summed E-state index contributed by atoms with van der Waals surface area (Å²) in [7, 11) is 0. The molecule has 4 rings (SSSR count). The maximum absolute atomic E-state index is 13.0. The summed E-state index contributed by atoms with van der Waals surface area (Å²) in [6.45, 7) is 5.08. The lowest BCUT2D eigenvalue weighted by molar-refractivity contribution is -0.119. The monoisotopic (exact) mass is 537 g/mol. The molecule has 0 spiro atoms. The molecule has 0 radical (unpaired) electrons. The van der Waals surface area contributed by atoms with Crippen LogP contribution in [0.3, 0.4) is 0 Å². The van der Waals surface area contributed by atoms with Crippen LogP contribution in [-0.2, 0) is 22.4 Å². The van der Waals surface area contributed by atoms with E-state index in [1.54, 1.807) is 13.1 Å². The summed E-state index contributed by atoms with van der Waals surface area (Å²) >= 11 is 1.38. The second-order valence-corrected chi connectivity index (χ2v) is 10.6. The largest absolute Gasteiger partial charge is 0.480 e. The molecule has 2 aliphatic rings. The average Bonchev–Trinajstić information content (AvgIpc) is 3.18. The van der Waals surface area contributed by atoms with E-state index < -0.39 is 12.5 Å². The van der Waals surface area contributed by atoms with Gasteiger partial charge in [0.05, 0.1) is 30.8 Å². The number of rotatable bonds is 10. The minimum absolute atomic E-state index is 0.118. The highest BCUT2D eigenvalue weighted by Crippen LogP contribution is 2.29. The molecule has 0 aliphatic carbocycles. The number of aromatic nitrogens is 3. The van der Waals surface area contributed by atoms with Gasteiger partial charge in [0.25, 0.3) is 17.0 Å². The van der Waals surface area contributed by atoms with Crippen molar-refractivity contribution in [1.82, 2.24) is 19.9 Å². The molecule has 1 fully saturated rings. The second kappa shape index (κ2) is 12.8. The minimum Gasteiger partial charge on any atom is -0.480 e. The highest BCUT2D eigenvalue weighted by molar-refractivity contribution is 7.13. The summed E-state index contributed by atoms with van der Waals surface area (Å²) in [5.74, 6) is -2.02. The molecule has 0 aromatic carbocycles. The number of amides is 1. The minimum atomic E-state index is -2.86. The summed E-state index contributed by atoms with van der Waals surface area (Å²) in [6, 6.07) is 0. The van der Waals surface area contributed by atoms with E-state index in [0.29, 0.717) is 23.4 Å². The van der Waals surface area contributed by atoms with Crippen LogP contribution in [0.5, 0.6) is 10.9 Å². The molecule has 0 saturated carbocycles. The van der Waals surface area contributed by atoms with Crippen molar-refractivity contribution in [3.63, 3.8) is 0 Å². The molecule has 1 unspecified atom stereocenters. The first-order valence-corrected chi connectivity index (χ1v) is 13.4. The van der Waals surface area contributed by atoms with Gasteiger partial charge in [-0.3, -0.25) is 4.79 Å². The van der Waals surface area contributed by atoms with Crippen molar-refractivity contribution in [2.75, 3.05) is 39.5 Å². The van der Waals surface area contributed by atoms with Crippen molar-refractivity contribution in [3.05, 3.63) is 28.8 Å². The Bertz CT molecular complexity index is 1030. The molecule has 1 saturated heterocycles. The van der Waals surface area contributed by atoms with Crippen LogP contribution >= 0.6 is 11.3 Å². The summed E-state index contributed by atoms with van der Waals surface area (Å²) in [5.41, 5.74) is 0.963. The number of hydrogen-bond acceptors (Lipinski definition) is 9. The summed E-state index contributed by atoms with van der Waals surface area (Å²) in [4.78, 5) is 32.0. The number of aliphatic imine (C=N–C) groups is 1. The van der Waals surface area contributed by atoms with Crippen LogP contribution in [0.15, 0.2) is 17.4 Å². The Morgan fingerprint density at radius 1 is 1.27 bits per heavy atom. The van der Waals surface area contributed by atoms with E-state index in [2.05, 4.69) is 24.8 Å². The zero-order valence-corrected chi connectivity index (χ0v) is 22.0. The third kappa shape index (κ3) is 9.04. The summed E-state index contributed by atoms with van der Waals surface area (Å²) in [6.07, 6.45) is 9.35. The molecule has 0 N–H and O–H groups in total. The molecule has 1 amide bonds. The lowest BCUT2D eigenvalue weighted by Gasteiger charge is -2.29. The molecule has 2 atom stereocenters. The standard InChI is InChI=1S/C25H33F2N5O4S/c1-17-28-12-20(13-29-17)35-15-23(33)30-11-18-3-4-19(34-14-18)5-8-32-9-6-21-22(7-10-32)37-24(31-21)36-16-25(2,26)27/h11-13,18-19H,3-10,14-16H2,1-2H3/b30-11+/t18?,19-/m1/s1. The number of fused-ring (bicyclic) bond motifs is 1. The Kier molecular flexibility index (Phi) is 9.49. The fraction of sp³-hybridized carbons (Fsp3) is 0.640. The molecular formula is C25H33F2N5O4S. The molecule has 37 heavy (non-hydrogen) atoms. The molecule has 12 heteroatoms. The van der Waals surface area contributed by atoms with Gasteiger partial charge in [0.15, 0.2) is 19.0 Å².